The van der Waals surface area contributed by atoms with E-state index >= 15 is 0 Å². The van der Waals surface area contributed by atoms with Crippen LogP contribution >= 0.6 is 45.2 Å². The van der Waals surface area contributed by atoms with Crippen molar-refractivity contribution in [2.24, 2.45) is 0 Å². The zero-order valence-corrected chi connectivity index (χ0v) is 18.1. The molecule has 3 rings (SSSR count). The van der Waals surface area contributed by atoms with Gasteiger partial charge in [-0.3, -0.25) is 9.97 Å². The molecule has 0 N–H and O–H groups in total. The normalized spacial score (nSPS) is 9.54. The summed E-state index contributed by atoms with van der Waals surface area (Å²) in [5.41, 5.74) is 2.52. The Hall–Kier alpha value is -1.30. The van der Waals surface area contributed by atoms with E-state index in [0.29, 0.717) is 0 Å². The Labute approximate surface area is 176 Å². The molecule has 0 spiro atoms. The third-order valence-corrected chi connectivity index (χ3v) is 4.74. The zero-order chi connectivity index (χ0) is 19.7. The summed E-state index contributed by atoms with van der Waals surface area (Å²) in [6.07, 6.45) is 7.15. The summed E-state index contributed by atoms with van der Waals surface area (Å²) < 4.78 is 49.2. The molecule has 0 aliphatic rings. The first-order chi connectivity index (χ1) is 12.3. The van der Waals surface area contributed by atoms with Crippen LogP contribution in [-0.2, 0) is 0 Å². The molecule has 0 radical (unpaired) electrons. The van der Waals surface area contributed by atoms with Gasteiger partial charge in [0.15, 0.2) is 23.3 Å². The van der Waals surface area contributed by atoms with Crippen molar-refractivity contribution in [3.8, 4) is 0 Å². The highest BCUT2D eigenvalue weighted by molar-refractivity contribution is 14.1. The Kier molecular flexibility index (Phi) is 9.99. The van der Waals surface area contributed by atoms with E-state index in [9.17, 15) is 17.6 Å². The van der Waals surface area contributed by atoms with E-state index in [1.165, 1.54) is 56.3 Å². The number of rotatable bonds is 0. The van der Waals surface area contributed by atoms with E-state index < -0.39 is 30.4 Å². The fraction of sp³-hybridized carbons (Fsp3) is 0.111. The highest BCUT2D eigenvalue weighted by Crippen LogP contribution is 2.25. The lowest BCUT2D eigenvalue weighted by atomic mass is 10.3. The summed E-state index contributed by atoms with van der Waals surface area (Å²) in [7, 11) is 0. The van der Waals surface area contributed by atoms with Crippen molar-refractivity contribution < 1.29 is 17.6 Å². The fourth-order valence-corrected chi connectivity index (χ4v) is 2.38. The van der Waals surface area contributed by atoms with Crippen LogP contribution in [-0.4, -0.2) is 9.97 Å². The Bertz CT molecular complexity index is 689. The van der Waals surface area contributed by atoms with Crippen LogP contribution in [0.2, 0.25) is 0 Å². The van der Waals surface area contributed by atoms with Crippen molar-refractivity contribution in [3.05, 3.63) is 90.6 Å². The summed E-state index contributed by atoms with van der Waals surface area (Å²) >= 11 is 2.41. The third kappa shape index (κ3) is 7.14. The summed E-state index contributed by atoms with van der Waals surface area (Å²) in [4.78, 5) is 7.69. The van der Waals surface area contributed by atoms with Gasteiger partial charge in [-0.1, -0.05) is 0 Å². The molecule has 0 fully saturated rings. The van der Waals surface area contributed by atoms with Crippen molar-refractivity contribution in [2.75, 3.05) is 0 Å². The second-order valence-electron chi connectivity index (χ2n) is 4.93. The van der Waals surface area contributed by atoms with E-state index in [2.05, 4.69) is 9.97 Å². The molecule has 0 saturated carbocycles. The molecule has 0 aliphatic heterocycles. The second kappa shape index (κ2) is 11.4. The molecule has 0 amide bonds. The van der Waals surface area contributed by atoms with Crippen molar-refractivity contribution in [2.45, 2.75) is 13.8 Å². The molecule has 1 aromatic carbocycles. The minimum absolute atomic E-state index is 0.664. The van der Waals surface area contributed by atoms with Gasteiger partial charge in [0.2, 0.25) is 0 Å². The van der Waals surface area contributed by atoms with Gasteiger partial charge in [0.25, 0.3) is 0 Å². The van der Waals surface area contributed by atoms with Gasteiger partial charge in [-0.15, -0.1) is 0 Å². The smallest absolute Gasteiger partial charge is 0.176 e. The molecular formula is C18H14F4I2N2. The summed E-state index contributed by atoms with van der Waals surface area (Å²) in [6, 6.07) is 7.89. The molecule has 0 atom stereocenters. The van der Waals surface area contributed by atoms with Crippen LogP contribution in [0, 0.1) is 44.3 Å². The van der Waals surface area contributed by atoms with Crippen LogP contribution in [0.15, 0.2) is 49.1 Å². The van der Waals surface area contributed by atoms with Gasteiger partial charge in [0, 0.05) is 24.8 Å². The van der Waals surface area contributed by atoms with Gasteiger partial charge in [-0.2, -0.15) is 0 Å². The lowest BCUT2D eigenvalue weighted by molar-refractivity contribution is 0.437. The molecule has 138 valence electrons. The van der Waals surface area contributed by atoms with E-state index in [1.807, 2.05) is 38.1 Å². The van der Waals surface area contributed by atoms with Gasteiger partial charge in [-0.25, -0.2) is 17.6 Å². The quantitative estimate of drug-likeness (QED) is 0.135. The standard InChI is InChI=1S/C6F4I2.2C6H7N/c7-1-2(8)6(12)4(10)3(9)5(1)11;2*1-6-2-4-7-5-3-6/h;2*2-5H,1H3. The highest BCUT2D eigenvalue weighted by Gasteiger charge is 2.21. The first-order valence-electron chi connectivity index (χ1n) is 7.15. The Morgan fingerprint density at radius 3 is 0.962 bits per heavy atom. The predicted octanol–water partition coefficient (Wildman–Crippen LogP) is 6.23. The summed E-state index contributed by atoms with van der Waals surface area (Å²) in [5.74, 6) is -5.39. The lowest BCUT2D eigenvalue weighted by Crippen LogP contribution is -2.02. The van der Waals surface area contributed by atoms with Crippen molar-refractivity contribution in [3.63, 3.8) is 0 Å². The van der Waals surface area contributed by atoms with E-state index in [4.69, 9.17) is 0 Å². The summed E-state index contributed by atoms with van der Waals surface area (Å²) in [5, 5.41) is 0. The molecule has 2 heterocycles. The Morgan fingerprint density at radius 2 is 0.808 bits per heavy atom. The number of hydrogen-bond acceptors (Lipinski definition) is 2. The second-order valence-corrected chi connectivity index (χ2v) is 7.09. The van der Waals surface area contributed by atoms with Crippen LogP contribution in [0.25, 0.3) is 0 Å². The average molecular weight is 588 g/mol. The molecule has 0 bridgehead atoms. The van der Waals surface area contributed by atoms with Gasteiger partial charge in [-0.05, 0) is 94.4 Å². The number of aromatic nitrogens is 2. The van der Waals surface area contributed by atoms with Gasteiger partial charge in [0.1, 0.15) is 0 Å². The van der Waals surface area contributed by atoms with Gasteiger partial charge >= 0.3 is 0 Å². The Morgan fingerprint density at radius 1 is 0.577 bits per heavy atom. The molecule has 8 heteroatoms. The molecule has 0 saturated heterocycles. The first kappa shape index (κ1) is 22.7. The van der Waals surface area contributed by atoms with Crippen LogP contribution in [0.4, 0.5) is 17.6 Å². The third-order valence-electron chi connectivity index (χ3n) is 2.85. The van der Waals surface area contributed by atoms with E-state index in [0.717, 1.165) is 0 Å². The van der Waals surface area contributed by atoms with Crippen molar-refractivity contribution in [1.29, 1.82) is 0 Å². The highest BCUT2D eigenvalue weighted by atomic mass is 127. The molecule has 26 heavy (non-hydrogen) atoms. The van der Waals surface area contributed by atoms with Crippen LogP contribution in [0.1, 0.15) is 11.1 Å². The topological polar surface area (TPSA) is 25.8 Å². The number of nitrogens with zero attached hydrogens (tertiary/aromatic N) is 2. The molecule has 2 aromatic heterocycles. The molecule has 2 nitrogen and oxygen atoms in total. The van der Waals surface area contributed by atoms with Crippen molar-refractivity contribution >= 4 is 45.2 Å². The minimum atomic E-state index is -1.35. The number of halogens is 6. The van der Waals surface area contributed by atoms with Crippen molar-refractivity contribution in [1.82, 2.24) is 9.97 Å². The van der Waals surface area contributed by atoms with Crippen LogP contribution < -0.4 is 0 Å². The van der Waals surface area contributed by atoms with Crippen LogP contribution in [0.5, 0.6) is 0 Å². The SMILES string of the molecule is Cc1ccncc1.Cc1ccncc1.Fc1c(F)c(I)c(F)c(F)c1I. The number of pyridine rings is 2. The maximum atomic E-state index is 12.6. The lowest BCUT2D eigenvalue weighted by Gasteiger charge is -2.02. The molecule has 3 aromatic rings. The number of benzene rings is 1. The molecule has 0 unspecified atom stereocenters. The zero-order valence-electron chi connectivity index (χ0n) is 13.8. The summed E-state index contributed by atoms with van der Waals surface area (Å²) in [6.45, 7) is 4.09. The maximum absolute atomic E-state index is 12.6. The number of hydrogen-bond donors (Lipinski definition) is 0. The maximum Gasteiger partial charge on any atom is 0.176 e. The molecule has 0 aliphatic carbocycles. The van der Waals surface area contributed by atoms with E-state index in [-0.39, 0.29) is 0 Å². The molecular weight excluding hydrogens is 574 g/mol. The minimum Gasteiger partial charge on any atom is -0.265 e. The number of aryl methyl sites for hydroxylation is 2. The predicted molar refractivity (Wildman–Crippen MR) is 110 cm³/mol. The largest absolute Gasteiger partial charge is 0.265 e. The average Bonchev–Trinajstić information content (AvgIpc) is 2.65. The Balaban J connectivity index is 0.000000207. The van der Waals surface area contributed by atoms with Crippen LogP contribution in [0.3, 0.4) is 0 Å². The van der Waals surface area contributed by atoms with E-state index in [1.54, 1.807) is 24.8 Å². The van der Waals surface area contributed by atoms with Gasteiger partial charge in [0.05, 0.1) is 7.14 Å². The first-order valence-corrected chi connectivity index (χ1v) is 9.31. The monoisotopic (exact) mass is 588 g/mol. The van der Waals surface area contributed by atoms with Gasteiger partial charge < -0.3 is 0 Å². The fourth-order valence-electron chi connectivity index (χ4n) is 1.43.